The number of aromatic nitrogens is 2. The van der Waals surface area contributed by atoms with Crippen LogP contribution in [-0.2, 0) is 4.79 Å². The maximum atomic E-state index is 13.5. The number of aryl methyl sites for hydroxylation is 3. The fourth-order valence-electron chi connectivity index (χ4n) is 4.01. The first-order valence-corrected chi connectivity index (χ1v) is 10.1. The number of fused-ring (bicyclic) bond motifs is 1. The van der Waals surface area contributed by atoms with Crippen LogP contribution in [0.25, 0.3) is 5.69 Å². The maximum Gasteiger partial charge on any atom is 0.226 e. The quantitative estimate of drug-likeness (QED) is 0.629. The zero-order chi connectivity index (χ0) is 22.3. The second-order valence-corrected chi connectivity index (χ2v) is 7.77. The number of carbonyl (C=O) groups excluding carboxylic acids is 2. The molecule has 0 saturated heterocycles. The van der Waals surface area contributed by atoms with Crippen molar-refractivity contribution in [3.8, 4) is 17.2 Å². The molecule has 1 aromatic heterocycles. The summed E-state index contributed by atoms with van der Waals surface area (Å²) in [6.45, 7) is 5.94. The fraction of sp³-hybridized carbons (Fsp3) is 0.292. The van der Waals surface area contributed by atoms with Crippen molar-refractivity contribution in [3.05, 3.63) is 64.3 Å². The third kappa shape index (κ3) is 3.56. The number of methoxy groups -OCH3 is 2. The minimum absolute atomic E-state index is 0.0691. The van der Waals surface area contributed by atoms with Gasteiger partial charge in [0.25, 0.3) is 0 Å². The Morgan fingerprint density at radius 2 is 1.77 bits per heavy atom. The zero-order valence-electron chi connectivity index (χ0n) is 18.3. The molecule has 1 amide bonds. The Labute approximate surface area is 181 Å². The van der Waals surface area contributed by atoms with Crippen LogP contribution < -0.4 is 14.8 Å². The van der Waals surface area contributed by atoms with Crippen LogP contribution >= 0.6 is 0 Å². The predicted molar refractivity (Wildman–Crippen MR) is 118 cm³/mol. The van der Waals surface area contributed by atoms with E-state index in [1.54, 1.807) is 30.0 Å². The van der Waals surface area contributed by atoms with Gasteiger partial charge in [-0.15, -0.1) is 0 Å². The van der Waals surface area contributed by atoms with Crippen molar-refractivity contribution in [2.75, 3.05) is 19.5 Å². The molecule has 0 spiro atoms. The lowest BCUT2D eigenvalue weighted by Crippen LogP contribution is -2.28. The van der Waals surface area contributed by atoms with Crippen molar-refractivity contribution in [2.45, 2.75) is 33.1 Å². The summed E-state index contributed by atoms with van der Waals surface area (Å²) in [5, 5.41) is 7.58. The van der Waals surface area contributed by atoms with Gasteiger partial charge in [-0.25, -0.2) is 4.68 Å². The van der Waals surface area contributed by atoms with Crippen LogP contribution in [0.3, 0.4) is 0 Å². The Kier molecular flexibility index (Phi) is 5.27. The first-order chi connectivity index (χ1) is 14.8. The molecule has 1 aliphatic heterocycles. The molecule has 1 aliphatic rings. The number of Topliss-reactive ketones (excluding diaryl/α,β-unsaturated/α-hetero) is 1. The highest BCUT2D eigenvalue weighted by atomic mass is 16.5. The summed E-state index contributed by atoms with van der Waals surface area (Å²) in [7, 11) is 3.07. The molecule has 31 heavy (non-hydrogen) atoms. The number of amides is 1. The second kappa shape index (κ2) is 7.91. The van der Waals surface area contributed by atoms with Crippen molar-refractivity contribution in [1.82, 2.24) is 9.78 Å². The highest BCUT2D eigenvalue weighted by Crippen LogP contribution is 2.39. The third-order valence-electron chi connectivity index (χ3n) is 5.82. The van der Waals surface area contributed by atoms with Crippen molar-refractivity contribution in [2.24, 2.45) is 0 Å². The lowest BCUT2D eigenvalue weighted by molar-refractivity contribution is -0.116. The molecular formula is C24H25N3O4. The normalized spacial score (nSPS) is 15.3. The summed E-state index contributed by atoms with van der Waals surface area (Å²) in [6, 6.07) is 11.0. The van der Waals surface area contributed by atoms with E-state index in [4.69, 9.17) is 9.47 Å². The Morgan fingerprint density at radius 3 is 2.45 bits per heavy atom. The van der Waals surface area contributed by atoms with E-state index in [9.17, 15) is 9.59 Å². The molecule has 3 aromatic rings. The van der Waals surface area contributed by atoms with Crippen LogP contribution in [0.2, 0.25) is 0 Å². The van der Waals surface area contributed by atoms with Crippen molar-refractivity contribution >= 4 is 17.5 Å². The van der Waals surface area contributed by atoms with E-state index < -0.39 is 5.92 Å². The molecule has 0 aliphatic carbocycles. The third-order valence-corrected chi connectivity index (χ3v) is 5.82. The van der Waals surface area contributed by atoms with Gasteiger partial charge in [0.15, 0.2) is 17.3 Å². The first kappa shape index (κ1) is 20.7. The molecule has 7 nitrogen and oxygen atoms in total. The van der Waals surface area contributed by atoms with E-state index in [1.165, 1.54) is 12.7 Å². The molecule has 2 heterocycles. The first-order valence-electron chi connectivity index (χ1n) is 10.1. The molecule has 160 valence electrons. The van der Waals surface area contributed by atoms with Crippen LogP contribution in [0.4, 0.5) is 5.82 Å². The fourth-order valence-corrected chi connectivity index (χ4v) is 4.01. The number of hydrogen-bond acceptors (Lipinski definition) is 5. The standard InChI is InChI=1S/C24H25N3O4/c1-13-6-8-17(10-14(13)2)27-24-22(15(3)26-27)18(12-21(28)25-24)23(29)16-7-9-19(30-4)20(11-16)31-5/h6-11,18H,12H2,1-5H3,(H,25,28)/t18-/m1/s1. The molecule has 2 aromatic carbocycles. The average Bonchev–Trinajstić information content (AvgIpc) is 3.10. The molecule has 4 rings (SSSR count). The SMILES string of the molecule is COc1ccc(C(=O)[C@@H]2CC(=O)Nc3c2c(C)nn3-c2ccc(C)c(C)c2)cc1OC. The number of nitrogens with zero attached hydrogens (tertiary/aromatic N) is 2. The van der Waals surface area contributed by atoms with Crippen LogP contribution in [0.1, 0.15) is 45.1 Å². The smallest absolute Gasteiger partial charge is 0.226 e. The van der Waals surface area contributed by atoms with Crippen LogP contribution in [-0.4, -0.2) is 35.7 Å². The minimum Gasteiger partial charge on any atom is -0.493 e. The highest BCUT2D eigenvalue weighted by Gasteiger charge is 2.36. The highest BCUT2D eigenvalue weighted by molar-refractivity contribution is 6.08. The number of rotatable bonds is 5. The van der Waals surface area contributed by atoms with E-state index in [0.717, 1.165) is 16.8 Å². The lowest BCUT2D eigenvalue weighted by atomic mass is 9.85. The molecule has 0 fully saturated rings. The Hall–Kier alpha value is -3.61. The number of benzene rings is 2. The Bertz CT molecular complexity index is 1200. The maximum absolute atomic E-state index is 13.5. The van der Waals surface area contributed by atoms with Crippen molar-refractivity contribution in [3.63, 3.8) is 0 Å². The van der Waals surface area contributed by atoms with E-state index in [0.29, 0.717) is 28.6 Å². The molecular weight excluding hydrogens is 394 g/mol. The summed E-state index contributed by atoms with van der Waals surface area (Å²) in [5.74, 6) is 0.574. The summed E-state index contributed by atoms with van der Waals surface area (Å²) in [6.07, 6.45) is 0.0691. The van der Waals surface area contributed by atoms with Gasteiger partial charge in [0.2, 0.25) is 5.91 Å². The van der Waals surface area contributed by atoms with Gasteiger partial charge >= 0.3 is 0 Å². The summed E-state index contributed by atoms with van der Waals surface area (Å²) >= 11 is 0. The van der Waals surface area contributed by atoms with Crippen molar-refractivity contribution < 1.29 is 19.1 Å². The van der Waals surface area contributed by atoms with Crippen molar-refractivity contribution in [1.29, 1.82) is 0 Å². The number of anilines is 1. The number of carbonyl (C=O) groups is 2. The monoisotopic (exact) mass is 419 g/mol. The molecule has 0 bridgehead atoms. The molecule has 0 unspecified atom stereocenters. The van der Waals surface area contributed by atoms with Gasteiger partial charge in [0.05, 0.1) is 31.5 Å². The predicted octanol–water partition coefficient (Wildman–Crippen LogP) is 4.12. The summed E-state index contributed by atoms with van der Waals surface area (Å²) < 4.78 is 12.3. The van der Waals surface area contributed by atoms with Gasteiger partial charge in [0, 0.05) is 17.5 Å². The van der Waals surface area contributed by atoms with Gasteiger partial charge in [-0.05, 0) is 62.2 Å². The van der Waals surface area contributed by atoms with Crippen LogP contribution in [0.5, 0.6) is 11.5 Å². The van der Waals surface area contributed by atoms with E-state index in [1.807, 2.05) is 39.0 Å². The van der Waals surface area contributed by atoms with E-state index >= 15 is 0 Å². The van der Waals surface area contributed by atoms with Gasteiger partial charge in [-0.1, -0.05) is 6.07 Å². The largest absolute Gasteiger partial charge is 0.493 e. The lowest BCUT2D eigenvalue weighted by Gasteiger charge is -2.23. The average molecular weight is 419 g/mol. The zero-order valence-corrected chi connectivity index (χ0v) is 18.3. The van der Waals surface area contributed by atoms with E-state index in [2.05, 4.69) is 10.4 Å². The summed E-state index contributed by atoms with van der Waals surface area (Å²) in [5.41, 5.74) is 5.06. The molecule has 1 N–H and O–H groups in total. The van der Waals surface area contributed by atoms with Crippen LogP contribution in [0.15, 0.2) is 36.4 Å². The molecule has 0 saturated carbocycles. The van der Waals surface area contributed by atoms with Gasteiger partial charge in [-0.3, -0.25) is 9.59 Å². The number of nitrogens with one attached hydrogen (secondary N) is 1. The molecule has 0 radical (unpaired) electrons. The summed E-state index contributed by atoms with van der Waals surface area (Å²) in [4.78, 5) is 26.0. The molecule has 1 atom stereocenters. The molecule has 7 heteroatoms. The Morgan fingerprint density at radius 1 is 1.03 bits per heavy atom. The second-order valence-electron chi connectivity index (χ2n) is 7.77. The van der Waals surface area contributed by atoms with Gasteiger partial charge < -0.3 is 14.8 Å². The number of ketones is 1. The minimum atomic E-state index is -0.623. The van der Waals surface area contributed by atoms with E-state index in [-0.39, 0.29) is 18.1 Å². The number of hydrogen-bond donors (Lipinski definition) is 1. The van der Waals surface area contributed by atoms with Gasteiger partial charge in [0.1, 0.15) is 5.82 Å². The van der Waals surface area contributed by atoms with Gasteiger partial charge in [-0.2, -0.15) is 5.10 Å². The number of ether oxygens (including phenoxy) is 2. The Balaban J connectivity index is 1.79. The topological polar surface area (TPSA) is 82.5 Å². The van der Waals surface area contributed by atoms with Crippen LogP contribution in [0, 0.1) is 20.8 Å².